The summed E-state index contributed by atoms with van der Waals surface area (Å²) >= 11 is 0. The molecular weight excluding hydrogens is 445 g/mol. The zero-order valence-corrected chi connectivity index (χ0v) is 27.4. The monoisotopic (exact) mass is 496 g/mol. The largest absolute Gasteiger partial charge is 0.435 e. The second kappa shape index (κ2) is 8.37. The van der Waals surface area contributed by atoms with E-state index in [1.807, 2.05) is 14.2 Å². The second-order valence-electron chi connectivity index (χ2n) is 12.9. The lowest BCUT2D eigenvalue weighted by Crippen LogP contribution is -3.01. The molecule has 0 saturated heterocycles. The first-order valence-electron chi connectivity index (χ1n) is 11.0. The Bertz CT molecular complexity index is 528. The van der Waals surface area contributed by atoms with E-state index in [0.717, 1.165) is 6.04 Å². The molecule has 4 nitrogen and oxygen atoms in total. The van der Waals surface area contributed by atoms with E-state index in [1.54, 1.807) is 0 Å². The van der Waals surface area contributed by atoms with Gasteiger partial charge in [-0.3, -0.25) is 0 Å². The Morgan fingerprint density at radius 2 is 0.931 bits per heavy atom. The molecule has 0 aromatic rings. The van der Waals surface area contributed by atoms with Gasteiger partial charge in [0.25, 0.3) is 0 Å². The minimum atomic E-state index is -2.94. The Hall–Kier alpha value is 0.924. The Labute approximate surface area is 186 Å². The highest BCUT2D eigenvalue weighted by Gasteiger charge is 2.87. The van der Waals surface area contributed by atoms with Crippen molar-refractivity contribution in [2.24, 2.45) is 0 Å². The molecule has 0 aromatic heterocycles. The van der Waals surface area contributed by atoms with Crippen LogP contribution in [-0.2, 0) is 8.85 Å². The topological polar surface area (TPSA) is 58.9 Å². The minimum absolute atomic E-state index is 0.115. The van der Waals surface area contributed by atoms with Gasteiger partial charge in [-0.1, -0.05) is 69.2 Å². The van der Waals surface area contributed by atoms with Crippen LogP contribution in [0, 0.1) is 0 Å². The summed E-state index contributed by atoms with van der Waals surface area (Å²) in [7, 11) is -7.57. The lowest BCUT2D eigenvalue weighted by Gasteiger charge is -2.71. The predicted molar refractivity (Wildman–Crippen MR) is 140 cm³/mol. The minimum Gasteiger partial charge on any atom is -0.435 e. The Morgan fingerprint density at radius 3 is 1.03 bits per heavy atom. The highest BCUT2D eigenvalue weighted by Crippen LogP contribution is 2.64. The van der Waals surface area contributed by atoms with Crippen molar-refractivity contribution in [2.75, 3.05) is 14.2 Å². The molecule has 0 aliphatic rings. The van der Waals surface area contributed by atoms with Crippen molar-refractivity contribution in [2.45, 2.75) is 117 Å². The normalized spacial score (nSPS) is 18.0. The molecule has 0 aromatic carbocycles. The van der Waals surface area contributed by atoms with E-state index in [9.17, 15) is 9.59 Å². The predicted octanol–water partition coefficient (Wildman–Crippen LogP) is 5.75. The maximum Gasteiger partial charge on any atom is 0.191 e. The van der Waals surface area contributed by atoms with Gasteiger partial charge in [0.2, 0.25) is 0 Å². The van der Waals surface area contributed by atoms with Gasteiger partial charge in [-0.2, -0.15) is 0 Å². The van der Waals surface area contributed by atoms with E-state index in [2.05, 4.69) is 95.4 Å². The van der Waals surface area contributed by atoms with Gasteiger partial charge < -0.3 is 18.4 Å². The van der Waals surface area contributed by atoms with Crippen LogP contribution in [0.4, 0.5) is 0 Å². The first-order chi connectivity index (χ1) is 12.4. The van der Waals surface area contributed by atoms with Crippen LogP contribution in [0.25, 0.3) is 0 Å². The molecular formula is C20H52O4Si5. The molecule has 0 aliphatic carbocycles. The number of hydrogen-bond acceptors (Lipinski definition) is 4. The van der Waals surface area contributed by atoms with Crippen LogP contribution in [-0.4, -0.2) is 61.3 Å². The maximum atomic E-state index is 12.4. The van der Waals surface area contributed by atoms with E-state index in [0.29, 0.717) is 0 Å². The number of hydrogen-bond donors (Lipinski definition) is 2. The van der Waals surface area contributed by atoms with E-state index in [-0.39, 0.29) is 15.1 Å². The van der Waals surface area contributed by atoms with Crippen LogP contribution in [0.1, 0.15) is 69.2 Å². The van der Waals surface area contributed by atoms with Gasteiger partial charge in [-0.05, 0) is 47.3 Å². The van der Waals surface area contributed by atoms with Crippen molar-refractivity contribution in [1.82, 2.24) is 0 Å². The molecule has 0 saturated carbocycles. The summed E-state index contributed by atoms with van der Waals surface area (Å²) in [5, 5.41) is -0.414. The third-order valence-corrected chi connectivity index (χ3v) is 103. The summed E-state index contributed by atoms with van der Waals surface area (Å²) in [6, 6.07) is 0.900. The smallest absolute Gasteiger partial charge is 0.191 e. The first kappa shape index (κ1) is 29.9. The van der Waals surface area contributed by atoms with Gasteiger partial charge in [-0.15, -0.1) is 0 Å². The van der Waals surface area contributed by atoms with Crippen molar-refractivity contribution in [3.8, 4) is 0 Å². The van der Waals surface area contributed by atoms with Crippen LogP contribution < -0.4 is 0 Å². The molecule has 1 atom stereocenters. The average molecular weight is 497 g/mol. The van der Waals surface area contributed by atoms with E-state index < -0.39 is 37.5 Å². The van der Waals surface area contributed by atoms with Gasteiger partial charge in [0.15, 0.2) is 37.5 Å². The quantitative estimate of drug-likeness (QED) is 0.441. The lowest BCUT2D eigenvalue weighted by atomic mass is 10.2. The first-order valence-corrected chi connectivity index (χ1v) is 26.9. The van der Waals surface area contributed by atoms with Crippen LogP contribution >= 0.6 is 0 Å². The molecule has 9 heteroatoms. The third kappa shape index (κ3) is 3.94. The Morgan fingerprint density at radius 1 is 0.621 bits per heavy atom. The standard InChI is InChI=1S/C20H52O4Si5/c1-17-27(23-11,18(2,3)4)29(25(13,14)21,26(15,16)22)28(24-12,19(5,6)7)20(8,9)10/h21-22H,17H2,1-16H3. The van der Waals surface area contributed by atoms with Crippen molar-refractivity contribution in [3.63, 3.8) is 0 Å². The van der Waals surface area contributed by atoms with Gasteiger partial charge in [-0.25, -0.2) is 0 Å². The Balaban J connectivity index is 8.44. The molecule has 0 bridgehead atoms. The van der Waals surface area contributed by atoms with Crippen LogP contribution in [0.3, 0.4) is 0 Å². The molecule has 0 amide bonds. The molecule has 1 unspecified atom stereocenters. The molecule has 29 heavy (non-hydrogen) atoms. The van der Waals surface area contributed by atoms with Crippen LogP contribution in [0.2, 0.25) is 47.3 Å². The van der Waals surface area contributed by atoms with E-state index in [1.165, 1.54) is 0 Å². The van der Waals surface area contributed by atoms with Gasteiger partial charge in [0.05, 0.1) is 0 Å². The average Bonchev–Trinajstić information content (AvgIpc) is 2.40. The van der Waals surface area contributed by atoms with Gasteiger partial charge in [0.1, 0.15) is 0 Å². The van der Waals surface area contributed by atoms with Crippen molar-refractivity contribution in [1.29, 1.82) is 0 Å². The summed E-state index contributed by atoms with van der Waals surface area (Å²) in [5.74, 6) is 0. The fourth-order valence-electron chi connectivity index (χ4n) is 7.86. The fraction of sp³-hybridized carbons (Fsp3) is 1.00. The summed E-state index contributed by atoms with van der Waals surface area (Å²) in [4.78, 5) is 24.8. The molecule has 0 heterocycles. The molecule has 176 valence electrons. The van der Waals surface area contributed by atoms with E-state index >= 15 is 0 Å². The highest BCUT2D eigenvalue weighted by atomic mass is 30.2. The zero-order valence-electron chi connectivity index (χ0n) is 22.4. The fourth-order valence-corrected chi connectivity index (χ4v) is 147. The van der Waals surface area contributed by atoms with Gasteiger partial charge >= 0.3 is 0 Å². The zero-order chi connectivity index (χ0) is 24.1. The molecule has 0 radical (unpaired) electrons. The molecule has 2 N–H and O–H groups in total. The van der Waals surface area contributed by atoms with Crippen LogP contribution in [0.5, 0.6) is 0 Å². The molecule has 0 aliphatic heterocycles. The summed E-state index contributed by atoms with van der Waals surface area (Å²) in [5.41, 5.74) is 0. The molecule has 0 spiro atoms. The van der Waals surface area contributed by atoms with Crippen molar-refractivity contribution in [3.05, 3.63) is 0 Å². The number of rotatable bonds is 7. The summed E-state index contributed by atoms with van der Waals surface area (Å²) in [6.07, 6.45) is -2.94. The summed E-state index contributed by atoms with van der Waals surface area (Å²) in [6.45, 7) is 31.3. The molecule has 0 fully saturated rings. The third-order valence-electron chi connectivity index (χ3n) is 7.45. The van der Waals surface area contributed by atoms with Crippen molar-refractivity contribution >= 4 is 37.5 Å². The Kier molecular flexibility index (Phi) is 8.63. The summed E-state index contributed by atoms with van der Waals surface area (Å²) < 4.78 is 13.7. The SMILES string of the molecule is CC[Si](OC)(C(C)(C)C)[Si]([Si](C)(C)O)([Si](C)(C)O)[Si](OC)(C(C)(C)C)C(C)(C)C. The van der Waals surface area contributed by atoms with Gasteiger partial charge in [0, 0.05) is 14.2 Å². The lowest BCUT2D eigenvalue weighted by molar-refractivity contribution is 0.342. The van der Waals surface area contributed by atoms with Crippen LogP contribution in [0.15, 0.2) is 0 Å². The maximum absolute atomic E-state index is 12.4. The highest BCUT2D eigenvalue weighted by molar-refractivity contribution is 8.05. The second-order valence-corrected chi connectivity index (χ2v) is 59.5. The van der Waals surface area contributed by atoms with E-state index in [4.69, 9.17) is 8.85 Å². The molecule has 0 rings (SSSR count). The van der Waals surface area contributed by atoms with Crippen molar-refractivity contribution < 1.29 is 18.4 Å².